The maximum Gasteiger partial charge on any atom is 0.350 e. The van der Waals surface area contributed by atoms with Crippen molar-refractivity contribution in [3.8, 4) is 11.5 Å². The van der Waals surface area contributed by atoms with Gasteiger partial charge in [-0.2, -0.15) is 5.10 Å². The summed E-state index contributed by atoms with van der Waals surface area (Å²) in [7, 11) is 7.50. The smallest absolute Gasteiger partial charge is 0.350 e. The van der Waals surface area contributed by atoms with Crippen LogP contribution >= 0.6 is 22.9 Å². The van der Waals surface area contributed by atoms with E-state index in [2.05, 4.69) is 25.4 Å². The molecule has 1 amide bonds. The topological polar surface area (TPSA) is 118 Å². The highest BCUT2D eigenvalue weighted by Gasteiger charge is 2.34. The molecule has 14 heteroatoms. The maximum absolute atomic E-state index is 15.1. The van der Waals surface area contributed by atoms with Crippen LogP contribution in [0.4, 0.5) is 9.52 Å². The van der Waals surface area contributed by atoms with Gasteiger partial charge in [0.2, 0.25) is 0 Å². The molecular formula is C20H22BClFN7O3S. The number of aryl methyl sites for hydroxylation is 2. The number of ether oxygens (including phenoxy) is 1. The zero-order valence-electron chi connectivity index (χ0n) is 18.8. The summed E-state index contributed by atoms with van der Waals surface area (Å²) in [5.74, 6) is -0.642. The summed E-state index contributed by atoms with van der Waals surface area (Å²) in [6.45, 7) is 4.02. The second kappa shape index (κ2) is 9.75. The molecule has 2 N–H and O–H groups in total. The molecule has 0 aromatic carbocycles. The van der Waals surface area contributed by atoms with Crippen LogP contribution in [0.15, 0.2) is 6.33 Å². The van der Waals surface area contributed by atoms with Gasteiger partial charge in [-0.1, -0.05) is 28.4 Å². The molecule has 1 aliphatic rings. The number of H-pyrrole nitrogens is 1. The highest BCUT2D eigenvalue weighted by Crippen LogP contribution is 2.34. The summed E-state index contributed by atoms with van der Waals surface area (Å²) in [4.78, 5) is 38.7. The summed E-state index contributed by atoms with van der Waals surface area (Å²) in [5.41, 5.74) is 1.30. The fourth-order valence-electron chi connectivity index (χ4n) is 3.69. The molecule has 10 nitrogen and oxygen atoms in total. The fraction of sp³-hybridized carbons (Fsp3) is 0.450. The van der Waals surface area contributed by atoms with Gasteiger partial charge in [-0.15, -0.1) is 0 Å². The molecule has 3 aromatic heterocycles. The predicted molar refractivity (Wildman–Crippen MR) is 127 cm³/mol. The van der Waals surface area contributed by atoms with Gasteiger partial charge in [0.1, 0.15) is 36.6 Å². The Balaban J connectivity index is 1.50. The summed E-state index contributed by atoms with van der Waals surface area (Å²) >= 11 is 7.22. The van der Waals surface area contributed by atoms with E-state index in [-0.39, 0.29) is 28.7 Å². The van der Waals surface area contributed by atoms with E-state index in [1.165, 1.54) is 11.0 Å². The van der Waals surface area contributed by atoms with Crippen LogP contribution in [-0.2, 0) is 11.8 Å². The van der Waals surface area contributed by atoms with E-state index in [9.17, 15) is 9.59 Å². The average molecular weight is 506 g/mol. The number of alkyl halides is 1. The molecular weight excluding hydrogens is 484 g/mol. The minimum Gasteiger partial charge on any atom is -0.462 e. The molecule has 4 rings (SSSR count). The molecule has 0 bridgehead atoms. The zero-order valence-corrected chi connectivity index (χ0v) is 20.3. The number of rotatable bonds is 6. The Morgan fingerprint density at radius 3 is 2.82 bits per heavy atom. The van der Waals surface area contributed by atoms with Gasteiger partial charge in [0, 0.05) is 19.3 Å². The lowest BCUT2D eigenvalue weighted by atomic mass is 9.96. The molecule has 3 aromatic rings. The number of nitrogens with zero attached hydrogens (tertiary/aromatic N) is 5. The number of anilines is 1. The number of aromatic amines is 1. The second-order valence-electron chi connectivity index (χ2n) is 7.79. The molecule has 1 saturated heterocycles. The van der Waals surface area contributed by atoms with Gasteiger partial charge in [-0.3, -0.25) is 4.79 Å². The number of amides is 1. The Bertz CT molecular complexity index is 1230. The van der Waals surface area contributed by atoms with Crippen LogP contribution < -0.4 is 15.7 Å². The van der Waals surface area contributed by atoms with Crippen molar-refractivity contribution in [2.45, 2.75) is 32.5 Å². The Kier molecular flexibility index (Phi) is 6.94. The third-order valence-corrected chi connectivity index (χ3v) is 7.02. The summed E-state index contributed by atoms with van der Waals surface area (Å²) in [5, 5.41) is 7.31. The van der Waals surface area contributed by atoms with Gasteiger partial charge in [0.25, 0.3) is 5.91 Å². The molecule has 2 radical (unpaired) electrons. The molecule has 0 saturated carbocycles. The monoisotopic (exact) mass is 505 g/mol. The quantitative estimate of drug-likeness (QED) is 0.385. The van der Waals surface area contributed by atoms with Gasteiger partial charge in [0.15, 0.2) is 11.0 Å². The van der Waals surface area contributed by atoms with Crippen molar-refractivity contribution in [1.29, 1.82) is 0 Å². The van der Waals surface area contributed by atoms with Crippen LogP contribution in [0.1, 0.15) is 39.2 Å². The number of hydrogen-bond donors (Lipinski definition) is 2. The van der Waals surface area contributed by atoms with Gasteiger partial charge in [-0.05, 0) is 20.3 Å². The van der Waals surface area contributed by atoms with E-state index in [1.54, 1.807) is 25.8 Å². The van der Waals surface area contributed by atoms with Crippen molar-refractivity contribution in [2.75, 3.05) is 24.6 Å². The molecule has 1 aliphatic heterocycles. The highest BCUT2D eigenvalue weighted by molar-refractivity contribution is 7.17. The SMILES string of the molecule is [B]c1c(C)[nH]c(C(=O)N[C@@H]2CCN(c3nc(-c4ncnn4C)c(C(=O)OCC)s3)C[C@@H]2F)c1Cl. The van der Waals surface area contributed by atoms with E-state index < -0.39 is 24.1 Å². The van der Waals surface area contributed by atoms with Gasteiger partial charge < -0.3 is 19.9 Å². The normalized spacial score (nSPS) is 18.2. The predicted octanol–water partition coefficient (Wildman–Crippen LogP) is 1.55. The number of carbonyl (C=O) groups is 2. The van der Waals surface area contributed by atoms with Crippen molar-refractivity contribution in [3.05, 3.63) is 27.6 Å². The summed E-state index contributed by atoms with van der Waals surface area (Å²) in [6, 6.07) is -0.715. The molecule has 2 atom stereocenters. The number of halogens is 2. The molecule has 34 heavy (non-hydrogen) atoms. The molecule has 0 unspecified atom stereocenters. The number of esters is 1. The molecule has 1 fully saturated rings. The number of piperidine rings is 1. The Labute approximate surface area is 205 Å². The number of thiazole rings is 1. The second-order valence-corrected chi connectivity index (χ2v) is 9.14. The zero-order chi connectivity index (χ0) is 24.6. The average Bonchev–Trinajstić information content (AvgIpc) is 3.49. The first-order valence-electron chi connectivity index (χ1n) is 10.6. The highest BCUT2D eigenvalue weighted by atomic mass is 35.5. The van der Waals surface area contributed by atoms with Crippen molar-refractivity contribution < 1.29 is 18.7 Å². The van der Waals surface area contributed by atoms with Crippen LogP contribution in [0.25, 0.3) is 11.5 Å². The Hall–Kier alpha value is -2.93. The fourth-order valence-corrected chi connectivity index (χ4v) is 4.95. The van der Waals surface area contributed by atoms with Crippen LogP contribution in [0.2, 0.25) is 5.02 Å². The van der Waals surface area contributed by atoms with Crippen LogP contribution in [0.3, 0.4) is 0 Å². The van der Waals surface area contributed by atoms with Crippen LogP contribution in [0, 0.1) is 6.92 Å². The van der Waals surface area contributed by atoms with Crippen molar-refractivity contribution in [2.24, 2.45) is 7.05 Å². The molecule has 0 spiro atoms. The van der Waals surface area contributed by atoms with E-state index in [4.69, 9.17) is 24.2 Å². The van der Waals surface area contributed by atoms with E-state index in [1.807, 2.05) is 0 Å². The van der Waals surface area contributed by atoms with E-state index >= 15 is 4.39 Å². The number of hydrogen-bond acceptors (Lipinski definition) is 8. The Morgan fingerprint density at radius 2 is 2.24 bits per heavy atom. The third kappa shape index (κ3) is 4.54. The molecule has 178 valence electrons. The number of aromatic nitrogens is 5. The standard InChI is InChI=1S/C20H22BClFN7O3S/c1-4-33-19(32)16-15(17-24-8-25-29(17)3)28-20(34-16)30-6-5-11(10(23)7-30)27-18(31)14-13(22)12(21)9(2)26-14/h8,10-11,26H,4-7H2,1-3H3,(H,27,31)/t10-,11+/m0/s1. The third-order valence-electron chi connectivity index (χ3n) is 5.53. The van der Waals surface area contributed by atoms with E-state index in [0.29, 0.717) is 40.8 Å². The van der Waals surface area contributed by atoms with Crippen LogP contribution in [-0.4, -0.2) is 76.4 Å². The summed E-state index contributed by atoms with van der Waals surface area (Å²) < 4.78 is 21.8. The lowest BCUT2D eigenvalue weighted by Crippen LogP contribution is -2.52. The van der Waals surface area contributed by atoms with Gasteiger partial charge in [0.05, 0.1) is 24.2 Å². The maximum atomic E-state index is 15.1. The molecule has 4 heterocycles. The Morgan fingerprint density at radius 1 is 1.47 bits per heavy atom. The first-order chi connectivity index (χ1) is 16.2. The van der Waals surface area contributed by atoms with Crippen molar-refractivity contribution in [3.63, 3.8) is 0 Å². The first kappa shape index (κ1) is 24.2. The molecule has 0 aliphatic carbocycles. The lowest BCUT2D eigenvalue weighted by molar-refractivity contribution is 0.0532. The van der Waals surface area contributed by atoms with E-state index in [0.717, 1.165) is 11.3 Å². The van der Waals surface area contributed by atoms with Gasteiger partial charge in [-0.25, -0.2) is 23.8 Å². The largest absolute Gasteiger partial charge is 0.462 e. The minimum atomic E-state index is -1.38. The number of carbonyl (C=O) groups excluding carboxylic acids is 2. The summed E-state index contributed by atoms with van der Waals surface area (Å²) in [6.07, 6.45) is 0.312. The number of nitrogens with one attached hydrogen (secondary N) is 2. The van der Waals surface area contributed by atoms with Crippen LogP contribution in [0.5, 0.6) is 0 Å². The minimum absolute atomic E-state index is 0.0153. The van der Waals surface area contributed by atoms with Gasteiger partial charge >= 0.3 is 5.97 Å². The van der Waals surface area contributed by atoms with Crippen molar-refractivity contribution in [1.82, 2.24) is 30.0 Å². The lowest BCUT2D eigenvalue weighted by Gasteiger charge is -2.34. The first-order valence-corrected chi connectivity index (χ1v) is 11.8. The van der Waals surface area contributed by atoms with Crippen molar-refractivity contribution >= 4 is 53.3 Å².